The average Bonchev–Trinajstić information content (AvgIpc) is 2.74. The molecule has 0 N–H and O–H groups in total. The number of benzene rings is 1. The van der Waals surface area contributed by atoms with E-state index in [9.17, 15) is 4.39 Å². The van der Waals surface area contributed by atoms with E-state index in [0.29, 0.717) is 22.5 Å². The summed E-state index contributed by atoms with van der Waals surface area (Å²) in [4.78, 5) is 4.61. The predicted molar refractivity (Wildman–Crippen MR) is 88.0 cm³/mol. The number of imidazole rings is 1. The lowest BCUT2D eigenvalue weighted by Gasteiger charge is -2.19. The van der Waals surface area contributed by atoms with Gasteiger partial charge in [-0.15, -0.1) is 11.6 Å². The van der Waals surface area contributed by atoms with Crippen molar-refractivity contribution in [2.75, 3.05) is 19.6 Å². The Morgan fingerprint density at radius 2 is 2.25 bits per heavy atom. The number of hydrogen-bond donors (Lipinski definition) is 0. The molecule has 0 saturated heterocycles. The second-order valence-corrected chi connectivity index (χ2v) is 6.15. The first-order valence-corrected chi connectivity index (χ1v) is 8.14. The molecule has 0 aliphatic rings. The first-order valence-electron chi connectivity index (χ1n) is 6.53. The van der Waals surface area contributed by atoms with Crippen LogP contribution in [-0.2, 0) is 11.2 Å². The molecule has 0 spiro atoms. The minimum absolute atomic E-state index is 0.141. The number of fused-ring (bicyclic) bond motifs is 1. The van der Waals surface area contributed by atoms with E-state index in [1.54, 1.807) is 19.2 Å². The minimum atomic E-state index is -0.219. The Labute approximate surface area is 136 Å². The van der Waals surface area contributed by atoms with Gasteiger partial charge in [0.1, 0.15) is 11.6 Å². The zero-order chi connectivity index (χ0) is 14.7. The van der Waals surface area contributed by atoms with Crippen molar-refractivity contribution in [3.05, 3.63) is 27.3 Å². The first kappa shape index (κ1) is 16.0. The molecule has 0 amide bonds. The molecule has 0 fully saturated rings. The number of methoxy groups -OCH3 is 1. The maximum Gasteiger partial charge on any atom is 0.138 e. The third-order valence-corrected chi connectivity index (χ3v) is 4.33. The maximum absolute atomic E-state index is 13.9. The predicted octanol–water partition coefficient (Wildman–Crippen LogP) is 4.16. The summed E-state index contributed by atoms with van der Waals surface area (Å²) in [5.41, 5.74) is 1.62. The summed E-state index contributed by atoms with van der Waals surface area (Å²) in [5, 5.41) is 0. The Morgan fingerprint density at radius 1 is 1.50 bits per heavy atom. The standard InChI is InChI=1S/C14H17ClFIN2O/c1-3-9(8-20-2)19-13-6-10(16)11(17)7-12(13)18-14(19)4-5-15/h6-7,9H,3-5,8H2,1-2H3. The van der Waals surface area contributed by atoms with Crippen LogP contribution >= 0.6 is 34.2 Å². The van der Waals surface area contributed by atoms with Crippen LogP contribution in [0, 0.1) is 9.39 Å². The Kier molecular flexibility index (Phi) is 5.63. The van der Waals surface area contributed by atoms with Crippen LogP contribution in [0.15, 0.2) is 12.1 Å². The van der Waals surface area contributed by atoms with E-state index in [2.05, 4.69) is 16.5 Å². The maximum atomic E-state index is 13.9. The van der Waals surface area contributed by atoms with Gasteiger partial charge in [0.15, 0.2) is 0 Å². The van der Waals surface area contributed by atoms with E-state index in [4.69, 9.17) is 16.3 Å². The smallest absolute Gasteiger partial charge is 0.138 e. The van der Waals surface area contributed by atoms with Crippen molar-refractivity contribution in [3.8, 4) is 0 Å². The van der Waals surface area contributed by atoms with E-state index in [1.165, 1.54) is 0 Å². The number of alkyl halides is 1. The van der Waals surface area contributed by atoms with Gasteiger partial charge < -0.3 is 9.30 Å². The Bertz CT molecular complexity index is 602. The molecule has 0 bridgehead atoms. The quantitative estimate of drug-likeness (QED) is 0.528. The van der Waals surface area contributed by atoms with Gasteiger partial charge in [-0.2, -0.15) is 0 Å². The van der Waals surface area contributed by atoms with Crippen molar-refractivity contribution in [2.24, 2.45) is 0 Å². The van der Waals surface area contributed by atoms with Crippen LogP contribution in [0.5, 0.6) is 0 Å². The van der Waals surface area contributed by atoms with Crippen molar-refractivity contribution >= 4 is 45.2 Å². The highest BCUT2D eigenvalue weighted by atomic mass is 127. The fraction of sp³-hybridized carbons (Fsp3) is 0.500. The minimum Gasteiger partial charge on any atom is -0.383 e. The zero-order valence-corrected chi connectivity index (χ0v) is 14.4. The average molecular weight is 411 g/mol. The van der Waals surface area contributed by atoms with Crippen molar-refractivity contribution in [3.63, 3.8) is 0 Å². The van der Waals surface area contributed by atoms with Gasteiger partial charge in [0.25, 0.3) is 0 Å². The highest BCUT2D eigenvalue weighted by molar-refractivity contribution is 14.1. The van der Waals surface area contributed by atoms with Gasteiger partial charge in [-0.3, -0.25) is 0 Å². The van der Waals surface area contributed by atoms with Crippen molar-refractivity contribution < 1.29 is 9.13 Å². The number of aryl methyl sites for hydroxylation is 1. The van der Waals surface area contributed by atoms with Crippen LogP contribution in [0.2, 0.25) is 0 Å². The van der Waals surface area contributed by atoms with Gasteiger partial charge in [0.05, 0.1) is 27.3 Å². The third-order valence-electron chi connectivity index (χ3n) is 3.32. The van der Waals surface area contributed by atoms with E-state index >= 15 is 0 Å². The van der Waals surface area contributed by atoms with Gasteiger partial charge in [-0.05, 0) is 35.1 Å². The molecule has 1 atom stereocenters. The molecular formula is C14H17ClFIN2O. The van der Waals surface area contributed by atoms with Crippen LogP contribution in [0.4, 0.5) is 4.39 Å². The molecule has 1 unspecified atom stereocenters. The van der Waals surface area contributed by atoms with Crippen LogP contribution in [0.25, 0.3) is 11.0 Å². The monoisotopic (exact) mass is 410 g/mol. The zero-order valence-electron chi connectivity index (χ0n) is 11.5. The fourth-order valence-corrected chi connectivity index (χ4v) is 3.00. The van der Waals surface area contributed by atoms with Crippen LogP contribution in [0.3, 0.4) is 0 Å². The van der Waals surface area contributed by atoms with Gasteiger partial charge in [0, 0.05) is 25.5 Å². The molecule has 1 aromatic heterocycles. The van der Waals surface area contributed by atoms with E-state index < -0.39 is 0 Å². The molecule has 1 heterocycles. The first-order chi connectivity index (χ1) is 9.62. The number of aromatic nitrogens is 2. The Balaban J connectivity index is 2.63. The molecular weight excluding hydrogens is 394 g/mol. The summed E-state index contributed by atoms with van der Waals surface area (Å²) in [6.45, 7) is 2.66. The topological polar surface area (TPSA) is 27.1 Å². The summed E-state index contributed by atoms with van der Waals surface area (Å²) in [7, 11) is 1.67. The van der Waals surface area contributed by atoms with E-state index in [0.717, 1.165) is 23.3 Å². The van der Waals surface area contributed by atoms with Crippen molar-refractivity contribution in [2.45, 2.75) is 25.8 Å². The number of hydrogen-bond acceptors (Lipinski definition) is 2. The van der Waals surface area contributed by atoms with Crippen LogP contribution in [0.1, 0.15) is 25.2 Å². The SMILES string of the molecule is CCC(COC)n1c(CCCl)nc2cc(I)c(F)cc21. The molecule has 20 heavy (non-hydrogen) atoms. The highest BCUT2D eigenvalue weighted by Gasteiger charge is 2.19. The fourth-order valence-electron chi connectivity index (χ4n) is 2.38. The molecule has 3 nitrogen and oxygen atoms in total. The van der Waals surface area contributed by atoms with Gasteiger partial charge in [0.2, 0.25) is 0 Å². The van der Waals surface area contributed by atoms with E-state index in [-0.39, 0.29) is 11.9 Å². The highest BCUT2D eigenvalue weighted by Crippen LogP contribution is 2.27. The molecule has 0 radical (unpaired) electrons. The summed E-state index contributed by atoms with van der Waals surface area (Å²) in [5.74, 6) is 1.16. The van der Waals surface area contributed by atoms with Gasteiger partial charge >= 0.3 is 0 Å². The summed E-state index contributed by atoms with van der Waals surface area (Å²) < 4.78 is 21.8. The third kappa shape index (κ3) is 3.09. The molecule has 0 aliphatic heterocycles. The molecule has 0 aliphatic carbocycles. The molecule has 110 valence electrons. The molecule has 6 heteroatoms. The lowest BCUT2D eigenvalue weighted by atomic mass is 10.2. The van der Waals surface area contributed by atoms with Crippen LogP contribution < -0.4 is 0 Å². The lowest BCUT2D eigenvalue weighted by Crippen LogP contribution is -2.17. The van der Waals surface area contributed by atoms with Gasteiger partial charge in [-0.1, -0.05) is 6.92 Å². The summed E-state index contributed by atoms with van der Waals surface area (Å²) >= 11 is 7.85. The molecule has 2 aromatic rings. The summed E-state index contributed by atoms with van der Waals surface area (Å²) in [6, 6.07) is 3.47. The summed E-state index contributed by atoms with van der Waals surface area (Å²) in [6.07, 6.45) is 1.55. The lowest BCUT2D eigenvalue weighted by molar-refractivity contribution is 0.153. The molecule has 2 rings (SSSR count). The molecule has 0 saturated carbocycles. The Morgan fingerprint density at radius 3 is 2.85 bits per heavy atom. The largest absolute Gasteiger partial charge is 0.383 e. The number of ether oxygens (including phenoxy) is 1. The van der Waals surface area contributed by atoms with Gasteiger partial charge in [-0.25, -0.2) is 9.37 Å². The normalized spacial score (nSPS) is 13.1. The Hall–Kier alpha value is -0.400. The number of halogens is 3. The van der Waals surface area contributed by atoms with E-state index in [1.807, 2.05) is 22.6 Å². The van der Waals surface area contributed by atoms with Crippen molar-refractivity contribution in [1.82, 2.24) is 9.55 Å². The molecule has 1 aromatic carbocycles. The second-order valence-electron chi connectivity index (χ2n) is 4.61. The second kappa shape index (κ2) is 7.04. The number of rotatable bonds is 6. The van der Waals surface area contributed by atoms with Crippen LogP contribution in [-0.4, -0.2) is 29.1 Å². The van der Waals surface area contributed by atoms with Crippen molar-refractivity contribution in [1.29, 1.82) is 0 Å². The number of nitrogens with zero attached hydrogens (tertiary/aromatic N) is 2.